The molecule has 0 spiro atoms. The minimum Gasteiger partial charge on any atom is -0.543 e. The third-order valence-corrected chi connectivity index (χ3v) is 4.53. The molecule has 3 aromatic rings. The Morgan fingerprint density at radius 1 is 1.04 bits per heavy atom. The van der Waals surface area contributed by atoms with Crippen LogP contribution in [-0.4, -0.2) is 21.5 Å². The molecule has 6 nitrogen and oxygen atoms in total. The highest BCUT2D eigenvalue weighted by atomic mass is 79.9. The summed E-state index contributed by atoms with van der Waals surface area (Å²) in [5.74, 6) is -1.49. The van der Waals surface area contributed by atoms with Crippen LogP contribution in [0.15, 0.2) is 57.8 Å². The average molecular weight is 414 g/mol. The highest BCUT2D eigenvalue weighted by Crippen LogP contribution is 2.14. The first kappa shape index (κ1) is 18.0. The van der Waals surface area contributed by atoms with Crippen molar-refractivity contribution in [1.29, 1.82) is 0 Å². The molecule has 0 aliphatic heterocycles. The molecule has 0 saturated carbocycles. The predicted octanol–water partition coefficient (Wildman–Crippen LogP) is 2.19. The molecule has 0 bridgehead atoms. The van der Waals surface area contributed by atoms with Gasteiger partial charge in [-0.3, -0.25) is 9.59 Å². The monoisotopic (exact) mass is 413 g/mol. The highest BCUT2D eigenvalue weighted by Gasteiger charge is 2.12. The summed E-state index contributed by atoms with van der Waals surface area (Å²) in [5, 5.41) is 15.7. The lowest BCUT2D eigenvalue weighted by molar-refractivity contribution is -0.255. The normalized spacial score (nSPS) is 10.8. The summed E-state index contributed by atoms with van der Waals surface area (Å²) < 4.78 is 1.97. The summed E-state index contributed by atoms with van der Waals surface area (Å²) in [6, 6.07) is 13.4. The van der Waals surface area contributed by atoms with Crippen molar-refractivity contribution in [1.82, 2.24) is 9.78 Å². The largest absolute Gasteiger partial charge is 0.543 e. The van der Waals surface area contributed by atoms with Crippen molar-refractivity contribution in [2.45, 2.75) is 19.4 Å². The maximum atomic E-state index is 12.5. The van der Waals surface area contributed by atoms with Crippen LogP contribution in [0.4, 0.5) is 0 Å². The van der Waals surface area contributed by atoms with E-state index in [1.807, 2.05) is 0 Å². The Morgan fingerprint density at radius 3 is 2.35 bits per heavy atom. The first-order chi connectivity index (χ1) is 12.5. The lowest BCUT2D eigenvalue weighted by Crippen LogP contribution is -2.31. The number of rotatable bonds is 6. The number of carboxylic acids is 1. The van der Waals surface area contributed by atoms with Crippen molar-refractivity contribution in [2.75, 3.05) is 0 Å². The molecular weight excluding hydrogens is 400 g/mol. The van der Waals surface area contributed by atoms with E-state index in [1.165, 1.54) is 6.07 Å². The van der Waals surface area contributed by atoms with Gasteiger partial charge >= 0.3 is 0 Å². The van der Waals surface area contributed by atoms with E-state index < -0.39 is 5.97 Å². The maximum Gasteiger partial charge on any atom is 0.274 e. The fourth-order valence-corrected chi connectivity index (χ4v) is 2.97. The van der Waals surface area contributed by atoms with Crippen molar-refractivity contribution in [2.24, 2.45) is 0 Å². The lowest BCUT2D eigenvalue weighted by atomic mass is 10.1. The van der Waals surface area contributed by atoms with Gasteiger partial charge in [-0.15, -0.1) is 0 Å². The molecule has 0 atom stereocenters. The Kier molecular flexibility index (Phi) is 5.27. The van der Waals surface area contributed by atoms with Crippen LogP contribution in [0.3, 0.4) is 0 Å². The summed E-state index contributed by atoms with van der Waals surface area (Å²) in [5.41, 5.74) is -0.0800. The summed E-state index contributed by atoms with van der Waals surface area (Å²) in [7, 11) is 0. The van der Waals surface area contributed by atoms with E-state index in [2.05, 4.69) is 21.0 Å². The van der Waals surface area contributed by atoms with Crippen molar-refractivity contribution in [3.63, 3.8) is 0 Å². The van der Waals surface area contributed by atoms with Gasteiger partial charge in [0, 0.05) is 28.4 Å². The first-order valence-electron chi connectivity index (χ1n) is 7.97. The molecule has 0 fully saturated rings. The SMILES string of the molecule is O=C(CCCn1nc(C(=O)[O-])c2ccccc2c1=O)c1ccc(Br)cc1. The summed E-state index contributed by atoms with van der Waals surface area (Å²) >= 11 is 3.31. The van der Waals surface area contributed by atoms with Crippen LogP contribution >= 0.6 is 15.9 Å². The quantitative estimate of drug-likeness (QED) is 0.577. The number of ketones is 1. The zero-order valence-electron chi connectivity index (χ0n) is 13.6. The van der Waals surface area contributed by atoms with Gasteiger partial charge in [-0.25, -0.2) is 4.68 Å². The van der Waals surface area contributed by atoms with Gasteiger partial charge in [0.1, 0.15) is 5.69 Å². The summed E-state index contributed by atoms with van der Waals surface area (Å²) in [6.07, 6.45) is 0.593. The second-order valence-electron chi connectivity index (χ2n) is 5.74. The number of halogens is 1. The number of hydrogen-bond donors (Lipinski definition) is 0. The first-order valence-corrected chi connectivity index (χ1v) is 8.76. The number of carboxylic acid groups (broad SMARTS) is 1. The number of Topliss-reactive ketones (excluding diaryl/α,β-unsaturated/α-hetero) is 1. The molecule has 1 heterocycles. The van der Waals surface area contributed by atoms with Crippen molar-refractivity contribution < 1.29 is 14.7 Å². The van der Waals surface area contributed by atoms with Crippen LogP contribution < -0.4 is 10.7 Å². The van der Waals surface area contributed by atoms with Gasteiger partial charge in [-0.05, 0) is 24.6 Å². The minimum absolute atomic E-state index is 0.0496. The van der Waals surface area contributed by atoms with Crippen LogP contribution in [0.1, 0.15) is 33.7 Å². The Hall–Kier alpha value is -2.80. The number of carbonyl (C=O) groups is 2. The third kappa shape index (κ3) is 3.72. The Balaban J connectivity index is 1.80. The van der Waals surface area contributed by atoms with E-state index >= 15 is 0 Å². The number of aromatic carboxylic acids is 1. The van der Waals surface area contributed by atoms with Gasteiger partial charge in [0.2, 0.25) is 0 Å². The molecule has 3 rings (SSSR count). The predicted molar refractivity (Wildman–Crippen MR) is 98.0 cm³/mol. The molecule has 0 N–H and O–H groups in total. The molecule has 0 amide bonds. The molecule has 0 saturated heterocycles. The standard InChI is InChI=1S/C19H15BrN2O4/c20-13-9-7-12(8-10-13)16(23)6-3-11-22-18(24)15-5-2-1-4-14(15)17(21-22)19(25)26/h1-2,4-5,7-10H,3,6,11H2,(H,25,26)/p-1. The van der Waals surface area contributed by atoms with Crippen LogP contribution in [0.5, 0.6) is 0 Å². The maximum absolute atomic E-state index is 12.5. The molecule has 26 heavy (non-hydrogen) atoms. The number of benzene rings is 2. The fraction of sp³-hybridized carbons (Fsp3) is 0.158. The second-order valence-corrected chi connectivity index (χ2v) is 6.66. The van der Waals surface area contributed by atoms with Gasteiger partial charge < -0.3 is 9.90 Å². The number of nitrogens with zero attached hydrogens (tertiary/aromatic N) is 2. The van der Waals surface area contributed by atoms with Crippen LogP contribution in [0, 0.1) is 0 Å². The van der Waals surface area contributed by atoms with Gasteiger partial charge in [0.05, 0.1) is 11.4 Å². The molecule has 0 aliphatic carbocycles. The topological polar surface area (TPSA) is 92.1 Å². The molecular formula is C19H14BrN2O4-. The minimum atomic E-state index is -1.44. The van der Waals surface area contributed by atoms with Gasteiger partial charge in [0.25, 0.3) is 5.56 Å². The average Bonchev–Trinajstić information content (AvgIpc) is 2.64. The number of aryl methyl sites for hydroxylation is 1. The van der Waals surface area contributed by atoms with E-state index in [-0.39, 0.29) is 40.8 Å². The molecule has 0 radical (unpaired) electrons. The van der Waals surface area contributed by atoms with Crippen molar-refractivity contribution in [3.8, 4) is 0 Å². The van der Waals surface area contributed by atoms with E-state index in [4.69, 9.17) is 0 Å². The van der Waals surface area contributed by atoms with Gasteiger partial charge in [-0.1, -0.05) is 46.3 Å². The highest BCUT2D eigenvalue weighted by molar-refractivity contribution is 9.10. The Morgan fingerprint density at radius 2 is 1.69 bits per heavy atom. The van der Waals surface area contributed by atoms with Crippen LogP contribution in [0.25, 0.3) is 10.8 Å². The molecule has 132 valence electrons. The van der Waals surface area contributed by atoms with Gasteiger partial charge in [-0.2, -0.15) is 5.10 Å². The van der Waals surface area contributed by atoms with Crippen LogP contribution in [-0.2, 0) is 6.54 Å². The molecule has 1 aromatic heterocycles. The molecule has 7 heteroatoms. The zero-order chi connectivity index (χ0) is 18.7. The summed E-state index contributed by atoms with van der Waals surface area (Å²) in [6.45, 7) is 0.145. The van der Waals surface area contributed by atoms with E-state index in [0.717, 1.165) is 9.15 Å². The van der Waals surface area contributed by atoms with Gasteiger partial charge in [0.15, 0.2) is 5.78 Å². The Labute approximate surface area is 157 Å². The van der Waals surface area contributed by atoms with E-state index in [9.17, 15) is 19.5 Å². The third-order valence-electron chi connectivity index (χ3n) is 4.00. The fourth-order valence-electron chi connectivity index (χ4n) is 2.71. The second kappa shape index (κ2) is 7.61. The number of fused-ring (bicyclic) bond motifs is 1. The van der Waals surface area contributed by atoms with E-state index in [0.29, 0.717) is 12.0 Å². The zero-order valence-corrected chi connectivity index (χ0v) is 15.2. The smallest absolute Gasteiger partial charge is 0.274 e. The van der Waals surface area contributed by atoms with Crippen molar-refractivity contribution >= 4 is 38.5 Å². The van der Waals surface area contributed by atoms with E-state index in [1.54, 1.807) is 42.5 Å². The summed E-state index contributed by atoms with van der Waals surface area (Å²) in [4.78, 5) is 36.0. The van der Waals surface area contributed by atoms with Crippen LogP contribution in [0.2, 0.25) is 0 Å². The molecule has 0 unspecified atom stereocenters. The molecule has 0 aliphatic rings. The number of aromatic nitrogens is 2. The number of hydrogen-bond acceptors (Lipinski definition) is 5. The molecule has 2 aromatic carbocycles. The Bertz CT molecular complexity index is 1040. The lowest BCUT2D eigenvalue weighted by Gasteiger charge is -2.11. The van der Waals surface area contributed by atoms with Crippen molar-refractivity contribution in [3.05, 3.63) is 74.6 Å². The number of carbonyl (C=O) groups excluding carboxylic acids is 2.